The Balaban J connectivity index is 1.51. The van der Waals surface area contributed by atoms with Gasteiger partial charge in [0.2, 0.25) is 15.9 Å². The van der Waals surface area contributed by atoms with E-state index in [1.807, 2.05) is 31.2 Å². The number of hydrogen-bond acceptors (Lipinski definition) is 5. The maximum atomic E-state index is 12.7. The number of fused-ring (bicyclic) bond motifs is 1. The van der Waals surface area contributed by atoms with Crippen LogP contribution in [0.4, 0.5) is 11.6 Å². The Bertz CT molecular complexity index is 1200. The van der Waals surface area contributed by atoms with E-state index in [0.29, 0.717) is 23.4 Å². The minimum Gasteiger partial charge on any atom is -0.338 e. The average molecular weight is 426 g/mol. The monoisotopic (exact) mass is 425 g/mol. The van der Waals surface area contributed by atoms with Crippen LogP contribution >= 0.6 is 0 Å². The van der Waals surface area contributed by atoms with Gasteiger partial charge < -0.3 is 4.52 Å². The summed E-state index contributed by atoms with van der Waals surface area (Å²) in [6, 6.07) is 14.5. The van der Waals surface area contributed by atoms with Crippen LogP contribution in [0.25, 0.3) is 11.3 Å². The molecule has 0 spiro atoms. The van der Waals surface area contributed by atoms with Crippen molar-refractivity contribution >= 4 is 27.5 Å². The summed E-state index contributed by atoms with van der Waals surface area (Å²) < 4.78 is 30.8. The number of nitrogens with zero attached hydrogens (tertiary/aromatic N) is 2. The van der Waals surface area contributed by atoms with Gasteiger partial charge in [-0.1, -0.05) is 36.3 Å². The van der Waals surface area contributed by atoms with E-state index in [0.717, 1.165) is 17.5 Å². The van der Waals surface area contributed by atoms with Crippen molar-refractivity contribution in [3.8, 4) is 11.3 Å². The third-order valence-electron chi connectivity index (χ3n) is 5.26. The van der Waals surface area contributed by atoms with E-state index in [1.54, 1.807) is 24.3 Å². The van der Waals surface area contributed by atoms with Gasteiger partial charge in [0.15, 0.2) is 0 Å². The highest BCUT2D eigenvalue weighted by atomic mass is 32.2. The maximum Gasteiger partial charge on any atom is 0.258 e. The van der Waals surface area contributed by atoms with Gasteiger partial charge in [0, 0.05) is 23.2 Å². The van der Waals surface area contributed by atoms with Crippen LogP contribution in [0.5, 0.6) is 0 Å². The molecule has 0 saturated carbocycles. The quantitative estimate of drug-likeness (QED) is 0.670. The number of aryl methyl sites for hydroxylation is 1. The van der Waals surface area contributed by atoms with Crippen LogP contribution in [0.1, 0.15) is 35.3 Å². The number of rotatable bonds is 5. The second kappa shape index (κ2) is 7.60. The minimum atomic E-state index is -3.37. The molecule has 30 heavy (non-hydrogen) atoms. The number of aromatic nitrogens is 1. The number of carbonyl (C=O) groups excluding carboxylic acids is 1. The predicted molar refractivity (Wildman–Crippen MR) is 116 cm³/mol. The molecule has 3 aromatic rings. The van der Waals surface area contributed by atoms with Crippen molar-refractivity contribution in [2.45, 2.75) is 32.7 Å². The first-order chi connectivity index (χ1) is 14.3. The zero-order valence-corrected chi connectivity index (χ0v) is 17.9. The molecule has 1 aliphatic heterocycles. The van der Waals surface area contributed by atoms with Crippen molar-refractivity contribution in [3.05, 3.63) is 65.2 Å². The van der Waals surface area contributed by atoms with Crippen LogP contribution in [0.2, 0.25) is 0 Å². The van der Waals surface area contributed by atoms with Gasteiger partial charge in [-0.2, -0.15) is 0 Å². The van der Waals surface area contributed by atoms with Gasteiger partial charge in [-0.15, -0.1) is 0 Å². The van der Waals surface area contributed by atoms with E-state index in [2.05, 4.69) is 17.4 Å². The number of hydrogen-bond donors (Lipinski definition) is 1. The number of nitrogens with one attached hydrogen (secondary N) is 1. The molecule has 2 aromatic carbocycles. The Morgan fingerprint density at radius 3 is 2.60 bits per heavy atom. The van der Waals surface area contributed by atoms with Crippen molar-refractivity contribution in [1.29, 1.82) is 0 Å². The van der Waals surface area contributed by atoms with Gasteiger partial charge in [0.25, 0.3) is 5.91 Å². The van der Waals surface area contributed by atoms with E-state index < -0.39 is 10.0 Å². The number of sulfonamides is 1. The standard InChI is InChI=1S/C22H23N3O4S/c1-4-15-5-7-16(8-6-15)19-13-21(29-24-19)23-22(26)17-9-10-20-18(12-17)11-14(2)25(20)30(3,27)28/h5-10,12-14H,4,11H2,1-3H3,(H,23,26). The van der Waals surface area contributed by atoms with Crippen LogP contribution < -0.4 is 9.62 Å². The van der Waals surface area contributed by atoms with Gasteiger partial charge in [0.05, 0.1) is 11.9 Å². The lowest BCUT2D eigenvalue weighted by Gasteiger charge is -2.21. The molecule has 1 amide bonds. The predicted octanol–water partition coefficient (Wildman–Crippen LogP) is 3.87. The van der Waals surface area contributed by atoms with Crippen LogP contribution in [0.15, 0.2) is 53.1 Å². The Kier molecular flexibility index (Phi) is 5.11. The van der Waals surface area contributed by atoms with Crippen molar-refractivity contribution < 1.29 is 17.7 Å². The number of anilines is 2. The summed E-state index contributed by atoms with van der Waals surface area (Å²) >= 11 is 0. The third-order valence-corrected chi connectivity index (χ3v) is 6.53. The molecular weight excluding hydrogens is 402 g/mol. The van der Waals surface area contributed by atoms with Crippen molar-refractivity contribution in [1.82, 2.24) is 5.16 Å². The molecule has 4 rings (SSSR count). The van der Waals surface area contributed by atoms with Crippen LogP contribution in [0, 0.1) is 0 Å². The molecule has 1 aromatic heterocycles. The van der Waals surface area contributed by atoms with Gasteiger partial charge in [0.1, 0.15) is 5.69 Å². The average Bonchev–Trinajstić information content (AvgIpc) is 3.30. The summed E-state index contributed by atoms with van der Waals surface area (Å²) in [6.45, 7) is 3.95. The highest BCUT2D eigenvalue weighted by molar-refractivity contribution is 7.92. The first-order valence-corrected chi connectivity index (χ1v) is 11.6. The first kappa shape index (κ1) is 20.2. The molecule has 2 heterocycles. The molecule has 1 unspecified atom stereocenters. The molecule has 8 heteroatoms. The molecular formula is C22H23N3O4S. The fourth-order valence-electron chi connectivity index (χ4n) is 3.81. The Hall–Kier alpha value is -3.13. The highest BCUT2D eigenvalue weighted by Gasteiger charge is 2.32. The summed E-state index contributed by atoms with van der Waals surface area (Å²) in [7, 11) is -3.37. The summed E-state index contributed by atoms with van der Waals surface area (Å²) in [5, 5.41) is 6.75. The molecule has 0 radical (unpaired) electrons. The Labute approximate surface area is 175 Å². The van der Waals surface area contributed by atoms with Crippen molar-refractivity contribution in [3.63, 3.8) is 0 Å². The fraction of sp³-hybridized carbons (Fsp3) is 0.273. The molecule has 1 N–H and O–H groups in total. The first-order valence-electron chi connectivity index (χ1n) is 9.76. The fourth-order valence-corrected chi connectivity index (χ4v) is 5.08. The smallest absolute Gasteiger partial charge is 0.258 e. The lowest BCUT2D eigenvalue weighted by Crippen LogP contribution is -2.34. The summed E-state index contributed by atoms with van der Waals surface area (Å²) in [5.41, 5.74) is 4.66. The zero-order valence-electron chi connectivity index (χ0n) is 17.0. The second-order valence-corrected chi connectivity index (χ2v) is 9.40. The summed E-state index contributed by atoms with van der Waals surface area (Å²) in [6.07, 6.45) is 2.71. The topological polar surface area (TPSA) is 92.5 Å². The van der Waals surface area contributed by atoms with Crippen molar-refractivity contribution in [2.75, 3.05) is 15.9 Å². The molecule has 1 aliphatic rings. The molecule has 0 bridgehead atoms. The molecule has 1 atom stereocenters. The molecule has 0 aliphatic carbocycles. The minimum absolute atomic E-state index is 0.177. The van der Waals surface area contributed by atoms with Crippen molar-refractivity contribution in [2.24, 2.45) is 0 Å². The van der Waals surface area contributed by atoms with Gasteiger partial charge in [-0.3, -0.25) is 14.4 Å². The third kappa shape index (κ3) is 3.82. The summed E-state index contributed by atoms with van der Waals surface area (Å²) in [5.74, 6) is -0.0894. The van der Waals surface area contributed by atoms with E-state index in [4.69, 9.17) is 4.52 Å². The van der Waals surface area contributed by atoms with E-state index in [-0.39, 0.29) is 17.8 Å². The van der Waals surface area contributed by atoms with E-state index in [9.17, 15) is 13.2 Å². The van der Waals surface area contributed by atoms with Gasteiger partial charge >= 0.3 is 0 Å². The lowest BCUT2D eigenvalue weighted by atomic mass is 10.1. The largest absolute Gasteiger partial charge is 0.338 e. The van der Waals surface area contributed by atoms with Gasteiger partial charge in [-0.25, -0.2) is 8.42 Å². The Morgan fingerprint density at radius 2 is 1.93 bits per heavy atom. The number of amides is 1. The van der Waals surface area contributed by atoms with Crippen LogP contribution in [0.3, 0.4) is 0 Å². The number of carbonyl (C=O) groups is 1. The maximum absolute atomic E-state index is 12.7. The molecule has 7 nitrogen and oxygen atoms in total. The zero-order chi connectivity index (χ0) is 21.5. The van der Waals surface area contributed by atoms with E-state index in [1.165, 1.54) is 16.1 Å². The summed E-state index contributed by atoms with van der Waals surface area (Å²) in [4.78, 5) is 12.7. The van der Waals surface area contributed by atoms with Crippen LogP contribution in [-0.2, 0) is 22.9 Å². The highest BCUT2D eigenvalue weighted by Crippen LogP contribution is 2.35. The Morgan fingerprint density at radius 1 is 1.20 bits per heavy atom. The number of benzene rings is 2. The van der Waals surface area contributed by atoms with E-state index >= 15 is 0 Å². The molecule has 0 saturated heterocycles. The van der Waals surface area contributed by atoms with Gasteiger partial charge in [-0.05, 0) is 49.1 Å². The van der Waals surface area contributed by atoms with Crippen LogP contribution in [-0.4, -0.2) is 31.8 Å². The molecule has 156 valence electrons. The molecule has 0 fully saturated rings. The second-order valence-electron chi connectivity index (χ2n) is 7.54. The normalized spacial score (nSPS) is 15.8. The lowest BCUT2D eigenvalue weighted by molar-refractivity contribution is 0.102. The SMILES string of the molecule is CCc1ccc(-c2cc(NC(=O)c3ccc4c(c3)CC(C)N4S(C)(=O)=O)on2)cc1.